The standard InChI is InChI=1S/C16H27N3/c1-14-3-5-16(6-4-14)7-8-18-13-15(2)19-11-9-17-10-12-19/h3-6,15,17-18H,7-13H2,1-2H3. The van der Waals surface area contributed by atoms with E-state index in [0.29, 0.717) is 6.04 Å². The largest absolute Gasteiger partial charge is 0.315 e. The van der Waals surface area contributed by atoms with Crippen molar-refractivity contribution >= 4 is 0 Å². The van der Waals surface area contributed by atoms with Gasteiger partial charge in [-0.05, 0) is 32.4 Å². The second-order valence-corrected chi connectivity index (χ2v) is 5.57. The molecule has 106 valence electrons. The minimum atomic E-state index is 0.639. The first kappa shape index (κ1) is 14.5. The predicted octanol–water partition coefficient (Wildman–Crippen LogP) is 1.42. The summed E-state index contributed by atoms with van der Waals surface area (Å²) in [6.07, 6.45) is 1.12. The van der Waals surface area contributed by atoms with Gasteiger partial charge < -0.3 is 10.6 Å². The zero-order valence-corrected chi connectivity index (χ0v) is 12.3. The summed E-state index contributed by atoms with van der Waals surface area (Å²) in [7, 11) is 0. The van der Waals surface area contributed by atoms with Crippen LogP contribution < -0.4 is 10.6 Å². The molecule has 1 fully saturated rings. The Bertz CT molecular complexity index is 355. The first-order valence-corrected chi connectivity index (χ1v) is 7.47. The fourth-order valence-electron chi connectivity index (χ4n) is 2.55. The van der Waals surface area contributed by atoms with Crippen LogP contribution in [-0.4, -0.2) is 50.2 Å². The quantitative estimate of drug-likeness (QED) is 0.759. The number of hydrogen-bond donors (Lipinski definition) is 2. The third-order valence-electron chi connectivity index (χ3n) is 3.93. The van der Waals surface area contributed by atoms with E-state index >= 15 is 0 Å². The van der Waals surface area contributed by atoms with E-state index in [0.717, 1.165) is 32.6 Å². The van der Waals surface area contributed by atoms with Crippen LogP contribution in [-0.2, 0) is 6.42 Å². The summed E-state index contributed by atoms with van der Waals surface area (Å²) in [6, 6.07) is 9.49. The summed E-state index contributed by atoms with van der Waals surface area (Å²) in [5.41, 5.74) is 2.76. The molecule has 0 aromatic heterocycles. The third-order valence-corrected chi connectivity index (χ3v) is 3.93. The van der Waals surface area contributed by atoms with Crippen molar-refractivity contribution in [1.29, 1.82) is 0 Å². The number of benzene rings is 1. The Hall–Kier alpha value is -0.900. The van der Waals surface area contributed by atoms with E-state index in [9.17, 15) is 0 Å². The van der Waals surface area contributed by atoms with Gasteiger partial charge in [0, 0.05) is 38.8 Å². The molecule has 0 saturated carbocycles. The minimum absolute atomic E-state index is 0.639. The van der Waals surface area contributed by atoms with Gasteiger partial charge in [0.25, 0.3) is 0 Å². The normalized spacial score (nSPS) is 18.4. The van der Waals surface area contributed by atoms with Crippen molar-refractivity contribution in [2.45, 2.75) is 26.3 Å². The Balaban J connectivity index is 1.62. The van der Waals surface area contributed by atoms with Crippen LogP contribution in [0.3, 0.4) is 0 Å². The smallest absolute Gasteiger partial charge is 0.0193 e. The van der Waals surface area contributed by atoms with Crippen molar-refractivity contribution < 1.29 is 0 Å². The number of nitrogens with one attached hydrogen (secondary N) is 2. The Morgan fingerprint density at radius 1 is 1.21 bits per heavy atom. The lowest BCUT2D eigenvalue weighted by Gasteiger charge is -2.32. The van der Waals surface area contributed by atoms with E-state index in [1.54, 1.807) is 0 Å². The maximum Gasteiger partial charge on any atom is 0.0193 e. The van der Waals surface area contributed by atoms with Gasteiger partial charge in [-0.3, -0.25) is 4.90 Å². The molecule has 19 heavy (non-hydrogen) atoms. The molecule has 1 aromatic carbocycles. The molecule has 1 saturated heterocycles. The van der Waals surface area contributed by atoms with Crippen LogP contribution in [0.2, 0.25) is 0 Å². The summed E-state index contributed by atoms with van der Waals surface area (Å²) >= 11 is 0. The predicted molar refractivity (Wildman–Crippen MR) is 81.7 cm³/mol. The molecule has 1 aliphatic rings. The molecule has 3 nitrogen and oxygen atoms in total. The highest BCUT2D eigenvalue weighted by atomic mass is 15.2. The summed E-state index contributed by atoms with van der Waals surface area (Å²) in [6.45, 7) is 11.2. The number of rotatable bonds is 6. The van der Waals surface area contributed by atoms with E-state index in [-0.39, 0.29) is 0 Å². The third kappa shape index (κ3) is 4.94. The summed E-state index contributed by atoms with van der Waals surface area (Å²) in [4.78, 5) is 2.56. The van der Waals surface area contributed by atoms with Gasteiger partial charge >= 0.3 is 0 Å². The first-order valence-electron chi connectivity index (χ1n) is 7.47. The van der Waals surface area contributed by atoms with Gasteiger partial charge in [0.1, 0.15) is 0 Å². The number of nitrogens with zero attached hydrogens (tertiary/aromatic N) is 1. The maximum absolute atomic E-state index is 3.58. The number of aryl methyl sites for hydroxylation is 1. The lowest BCUT2D eigenvalue weighted by Crippen LogP contribution is -2.50. The lowest BCUT2D eigenvalue weighted by molar-refractivity contribution is 0.181. The molecule has 1 atom stereocenters. The van der Waals surface area contributed by atoms with Gasteiger partial charge in [0.2, 0.25) is 0 Å². The second-order valence-electron chi connectivity index (χ2n) is 5.57. The molecule has 0 radical (unpaired) electrons. The fourth-order valence-corrected chi connectivity index (χ4v) is 2.55. The van der Waals surface area contributed by atoms with Gasteiger partial charge in [0.15, 0.2) is 0 Å². The average Bonchev–Trinajstić information content (AvgIpc) is 2.46. The van der Waals surface area contributed by atoms with E-state index in [1.165, 1.54) is 24.2 Å². The van der Waals surface area contributed by atoms with Crippen molar-refractivity contribution in [3.8, 4) is 0 Å². The van der Waals surface area contributed by atoms with Crippen molar-refractivity contribution in [2.75, 3.05) is 39.3 Å². The molecular formula is C16H27N3. The zero-order valence-electron chi connectivity index (χ0n) is 12.3. The van der Waals surface area contributed by atoms with E-state index in [4.69, 9.17) is 0 Å². The number of piperazine rings is 1. The fraction of sp³-hybridized carbons (Fsp3) is 0.625. The molecule has 2 N–H and O–H groups in total. The van der Waals surface area contributed by atoms with Gasteiger partial charge in [0.05, 0.1) is 0 Å². The van der Waals surface area contributed by atoms with Gasteiger partial charge in [-0.25, -0.2) is 0 Å². The van der Waals surface area contributed by atoms with Crippen LogP contribution in [0.25, 0.3) is 0 Å². The Morgan fingerprint density at radius 2 is 1.89 bits per heavy atom. The zero-order chi connectivity index (χ0) is 13.5. The molecule has 1 aliphatic heterocycles. The molecule has 0 spiro atoms. The molecule has 1 aromatic rings. The molecule has 0 aliphatic carbocycles. The maximum atomic E-state index is 3.58. The van der Waals surface area contributed by atoms with Gasteiger partial charge in [-0.2, -0.15) is 0 Å². The molecule has 2 rings (SSSR count). The van der Waals surface area contributed by atoms with Crippen molar-refractivity contribution in [3.63, 3.8) is 0 Å². The van der Waals surface area contributed by atoms with Gasteiger partial charge in [-0.1, -0.05) is 29.8 Å². The topological polar surface area (TPSA) is 27.3 Å². The molecule has 1 unspecified atom stereocenters. The lowest BCUT2D eigenvalue weighted by atomic mass is 10.1. The summed E-state index contributed by atoms with van der Waals surface area (Å²) in [5, 5.41) is 6.98. The van der Waals surface area contributed by atoms with Gasteiger partial charge in [-0.15, -0.1) is 0 Å². The van der Waals surface area contributed by atoms with E-state index in [1.807, 2.05) is 0 Å². The van der Waals surface area contributed by atoms with Crippen molar-refractivity contribution in [3.05, 3.63) is 35.4 Å². The Kier molecular flexibility index (Phi) is 5.83. The van der Waals surface area contributed by atoms with Crippen LogP contribution in [0.5, 0.6) is 0 Å². The molecule has 0 amide bonds. The van der Waals surface area contributed by atoms with E-state index in [2.05, 4.69) is 53.6 Å². The van der Waals surface area contributed by atoms with Crippen LogP contribution in [0.15, 0.2) is 24.3 Å². The van der Waals surface area contributed by atoms with Crippen LogP contribution in [0.1, 0.15) is 18.1 Å². The molecule has 1 heterocycles. The van der Waals surface area contributed by atoms with Crippen molar-refractivity contribution in [2.24, 2.45) is 0 Å². The summed E-state index contributed by atoms with van der Waals surface area (Å²) in [5.74, 6) is 0. The first-order chi connectivity index (χ1) is 9.25. The highest BCUT2D eigenvalue weighted by Gasteiger charge is 2.15. The second kappa shape index (κ2) is 7.63. The SMILES string of the molecule is Cc1ccc(CCNCC(C)N2CCNCC2)cc1. The van der Waals surface area contributed by atoms with Crippen LogP contribution >= 0.6 is 0 Å². The van der Waals surface area contributed by atoms with Crippen LogP contribution in [0.4, 0.5) is 0 Å². The molecule has 0 bridgehead atoms. The van der Waals surface area contributed by atoms with Crippen LogP contribution in [0, 0.1) is 6.92 Å². The van der Waals surface area contributed by atoms with E-state index < -0.39 is 0 Å². The average molecular weight is 261 g/mol. The van der Waals surface area contributed by atoms with Crippen molar-refractivity contribution in [1.82, 2.24) is 15.5 Å². The Labute approximate surface area is 117 Å². The Morgan fingerprint density at radius 3 is 2.58 bits per heavy atom. The minimum Gasteiger partial charge on any atom is -0.315 e. The highest BCUT2D eigenvalue weighted by molar-refractivity contribution is 5.21. The highest BCUT2D eigenvalue weighted by Crippen LogP contribution is 2.03. The summed E-state index contributed by atoms with van der Waals surface area (Å²) < 4.78 is 0. The monoisotopic (exact) mass is 261 g/mol. The number of hydrogen-bond acceptors (Lipinski definition) is 3. The molecule has 3 heteroatoms. The molecular weight excluding hydrogens is 234 g/mol.